The van der Waals surface area contributed by atoms with Crippen molar-refractivity contribution in [3.05, 3.63) is 22.4 Å². The maximum absolute atomic E-state index is 3.72. The van der Waals surface area contributed by atoms with Crippen molar-refractivity contribution in [3.63, 3.8) is 0 Å². The van der Waals surface area contributed by atoms with Crippen molar-refractivity contribution in [1.82, 2.24) is 5.32 Å². The molecule has 2 heteroatoms. The second kappa shape index (κ2) is 4.89. The van der Waals surface area contributed by atoms with Gasteiger partial charge in [0.25, 0.3) is 0 Å². The Labute approximate surface area is 102 Å². The van der Waals surface area contributed by atoms with Crippen LogP contribution in [0.1, 0.15) is 50.0 Å². The first-order chi connectivity index (χ1) is 7.93. The molecule has 2 aliphatic rings. The van der Waals surface area contributed by atoms with Gasteiger partial charge in [0.05, 0.1) is 0 Å². The van der Waals surface area contributed by atoms with E-state index in [1.807, 2.05) is 11.3 Å². The average Bonchev–Trinajstić information content (AvgIpc) is 3.00. The molecule has 0 saturated heterocycles. The topological polar surface area (TPSA) is 12.0 Å². The van der Waals surface area contributed by atoms with Crippen LogP contribution >= 0.6 is 11.3 Å². The molecule has 0 spiro atoms. The summed E-state index contributed by atoms with van der Waals surface area (Å²) in [5.41, 5.74) is 1.60. The fraction of sp³-hybridized carbons (Fsp3) is 0.714. The molecule has 2 fully saturated rings. The van der Waals surface area contributed by atoms with Gasteiger partial charge in [0.2, 0.25) is 0 Å². The summed E-state index contributed by atoms with van der Waals surface area (Å²) < 4.78 is 0. The van der Waals surface area contributed by atoms with Gasteiger partial charge >= 0.3 is 0 Å². The number of rotatable bonds is 4. The number of thiophene rings is 1. The van der Waals surface area contributed by atoms with Crippen LogP contribution in [0.25, 0.3) is 0 Å². The monoisotopic (exact) mass is 235 g/mol. The molecular weight excluding hydrogens is 214 g/mol. The first-order valence-corrected chi connectivity index (χ1v) is 7.63. The Kier molecular flexibility index (Phi) is 3.30. The minimum absolute atomic E-state index is 0.839. The predicted octanol–water partition coefficient (Wildman–Crippen LogP) is 3.77. The Bertz CT molecular complexity index is 315. The van der Waals surface area contributed by atoms with E-state index in [4.69, 9.17) is 0 Å². The molecule has 0 aromatic carbocycles. The van der Waals surface area contributed by atoms with E-state index in [1.165, 1.54) is 45.1 Å². The number of hydrogen-bond donors (Lipinski definition) is 1. The van der Waals surface area contributed by atoms with Crippen LogP contribution in [0.15, 0.2) is 16.8 Å². The zero-order valence-electron chi connectivity index (χ0n) is 9.82. The summed E-state index contributed by atoms with van der Waals surface area (Å²) in [4.78, 5) is 0. The Morgan fingerprint density at radius 1 is 1.19 bits per heavy atom. The molecule has 1 nitrogen and oxygen atoms in total. The smallest absolute Gasteiger partial charge is 0.00683 e. The van der Waals surface area contributed by atoms with Gasteiger partial charge in [0.15, 0.2) is 0 Å². The van der Waals surface area contributed by atoms with Crippen LogP contribution in [0, 0.1) is 5.92 Å². The highest BCUT2D eigenvalue weighted by Gasteiger charge is 2.28. The van der Waals surface area contributed by atoms with Crippen LogP contribution in [0.4, 0.5) is 0 Å². The molecule has 0 aliphatic heterocycles. The summed E-state index contributed by atoms with van der Waals surface area (Å²) in [7, 11) is 0. The molecule has 16 heavy (non-hydrogen) atoms. The minimum Gasteiger partial charge on any atom is -0.314 e. The predicted molar refractivity (Wildman–Crippen MR) is 70.0 cm³/mol. The molecule has 2 saturated carbocycles. The van der Waals surface area contributed by atoms with E-state index < -0.39 is 0 Å². The third-order valence-corrected chi connectivity index (χ3v) is 4.83. The van der Waals surface area contributed by atoms with Crippen LogP contribution < -0.4 is 5.32 Å². The molecule has 0 bridgehead atoms. The van der Waals surface area contributed by atoms with Gasteiger partial charge in [-0.1, -0.05) is 12.8 Å². The first-order valence-electron chi connectivity index (χ1n) is 6.69. The molecule has 1 aromatic heterocycles. The average molecular weight is 235 g/mol. The lowest BCUT2D eigenvalue weighted by Crippen LogP contribution is -2.30. The summed E-state index contributed by atoms with van der Waals surface area (Å²) in [5, 5.41) is 8.31. The fourth-order valence-corrected chi connectivity index (χ4v) is 3.71. The van der Waals surface area contributed by atoms with Crippen LogP contribution in [0.5, 0.6) is 0 Å². The molecule has 1 aromatic rings. The van der Waals surface area contributed by atoms with E-state index in [0.29, 0.717) is 0 Å². The van der Waals surface area contributed by atoms with Crippen molar-refractivity contribution in [1.29, 1.82) is 0 Å². The first kappa shape index (κ1) is 10.8. The van der Waals surface area contributed by atoms with Gasteiger partial charge in [-0.2, -0.15) is 11.3 Å². The third-order valence-electron chi connectivity index (χ3n) is 4.13. The molecule has 3 rings (SSSR count). The molecule has 2 aliphatic carbocycles. The lowest BCUT2D eigenvalue weighted by Gasteiger charge is -2.31. The van der Waals surface area contributed by atoms with Gasteiger partial charge in [-0.3, -0.25) is 0 Å². The standard InChI is InChI=1S/C14H21NS/c1-2-4-14(12-7-8-16-10-12)11(3-1)9-15-13-5-6-13/h7-8,10-11,13-15H,1-6,9H2. The zero-order chi connectivity index (χ0) is 10.8. The maximum atomic E-state index is 3.72. The van der Waals surface area contributed by atoms with Crippen molar-refractivity contribution in [2.75, 3.05) is 6.54 Å². The van der Waals surface area contributed by atoms with E-state index in [1.54, 1.807) is 5.56 Å². The highest BCUT2D eigenvalue weighted by Crippen LogP contribution is 2.38. The van der Waals surface area contributed by atoms with E-state index in [0.717, 1.165) is 17.9 Å². The van der Waals surface area contributed by atoms with Crippen molar-refractivity contribution in [2.45, 2.75) is 50.5 Å². The minimum atomic E-state index is 0.839. The van der Waals surface area contributed by atoms with E-state index >= 15 is 0 Å². The Morgan fingerprint density at radius 3 is 2.81 bits per heavy atom. The van der Waals surface area contributed by atoms with Gasteiger partial charge in [-0.25, -0.2) is 0 Å². The molecule has 88 valence electrons. The van der Waals surface area contributed by atoms with E-state index in [-0.39, 0.29) is 0 Å². The Hall–Kier alpha value is -0.340. The largest absolute Gasteiger partial charge is 0.314 e. The second-order valence-electron chi connectivity index (χ2n) is 5.39. The number of hydrogen-bond acceptors (Lipinski definition) is 2. The third kappa shape index (κ3) is 2.49. The van der Waals surface area contributed by atoms with Gasteiger partial charge in [0.1, 0.15) is 0 Å². The molecular formula is C14H21NS. The van der Waals surface area contributed by atoms with Crippen molar-refractivity contribution < 1.29 is 0 Å². The lowest BCUT2D eigenvalue weighted by atomic mass is 9.76. The normalized spacial score (nSPS) is 30.5. The second-order valence-corrected chi connectivity index (χ2v) is 6.17. The Morgan fingerprint density at radius 2 is 2.06 bits per heavy atom. The zero-order valence-corrected chi connectivity index (χ0v) is 10.6. The summed E-state index contributed by atoms with van der Waals surface area (Å²) in [5.74, 6) is 1.73. The van der Waals surface area contributed by atoms with Crippen LogP contribution in [-0.4, -0.2) is 12.6 Å². The van der Waals surface area contributed by atoms with Crippen LogP contribution in [0.3, 0.4) is 0 Å². The van der Waals surface area contributed by atoms with Gasteiger partial charge in [-0.15, -0.1) is 0 Å². The van der Waals surface area contributed by atoms with Gasteiger partial charge in [-0.05, 0) is 66.5 Å². The summed E-state index contributed by atoms with van der Waals surface area (Å²) in [6.45, 7) is 1.26. The quantitative estimate of drug-likeness (QED) is 0.837. The van der Waals surface area contributed by atoms with E-state index in [2.05, 4.69) is 22.1 Å². The fourth-order valence-electron chi connectivity index (χ4n) is 2.98. The van der Waals surface area contributed by atoms with Gasteiger partial charge < -0.3 is 5.32 Å². The molecule has 1 heterocycles. The van der Waals surface area contributed by atoms with Crippen molar-refractivity contribution >= 4 is 11.3 Å². The van der Waals surface area contributed by atoms with Gasteiger partial charge in [0, 0.05) is 6.04 Å². The number of nitrogens with one attached hydrogen (secondary N) is 1. The highest BCUT2D eigenvalue weighted by atomic mass is 32.1. The highest BCUT2D eigenvalue weighted by molar-refractivity contribution is 7.07. The van der Waals surface area contributed by atoms with Crippen LogP contribution in [0.2, 0.25) is 0 Å². The SMILES string of the molecule is c1cc(C2CCCCC2CNC2CC2)cs1. The molecule has 1 N–H and O–H groups in total. The van der Waals surface area contributed by atoms with Crippen LogP contribution in [-0.2, 0) is 0 Å². The molecule has 2 atom stereocenters. The summed E-state index contributed by atoms with van der Waals surface area (Å²) in [6, 6.07) is 3.20. The van der Waals surface area contributed by atoms with Crippen molar-refractivity contribution in [3.8, 4) is 0 Å². The summed E-state index contributed by atoms with van der Waals surface area (Å²) >= 11 is 1.85. The van der Waals surface area contributed by atoms with Crippen molar-refractivity contribution in [2.24, 2.45) is 5.92 Å². The lowest BCUT2D eigenvalue weighted by molar-refractivity contribution is 0.295. The molecule has 2 unspecified atom stereocenters. The summed E-state index contributed by atoms with van der Waals surface area (Å²) in [6.07, 6.45) is 8.54. The van der Waals surface area contributed by atoms with E-state index in [9.17, 15) is 0 Å². The molecule has 0 amide bonds. The maximum Gasteiger partial charge on any atom is 0.00683 e. The molecule has 0 radical (unpaired) electrons. The Balaban J connectivity index is 1.63.